The van der Waals surface area contributed by atoms with Gasteiger partial charge in [-0.05, 0) is 59.4 Å². The van der Waals surface area contributed by atoms with Crippen molar-refractivity contribution < 1.29 is 14.3 Å². The molecule has 0 aliphatic carbocycles. The first-order chi connectivity index (χ1) is 13.9. The lowest BCUT2D eigenvalue weighted by Crippen LogP contribution is -2.37. The minimum Gasteiger partial charge on any atom is -0.378 e. The third kappa shape index (κ3) is 3.85. The number of aldehydes is 1. The number of carbonyl (C=O) groups excluding carboxylic acids is 2. The van der Waals surface area contributed by atoms with Crippen LogP contribution in [-0.4, -0.2) is 38.5 Å². The molecule has 4 rings (SSSR count). The molecule has 1 unspecified atom stereocenters. The van der Waals surface area contributed by atoms with Crippen molar-refractivity contribution in [1.29, 1.82) is 0 Å². The molecule has 1 amide bonds. The minimum atomic E-state index is -0.425. The van der Waals surface area contributed by atoms with E-state index in [9.17, 15) is 9.59 Å². The first kappa shape index (κ1) is 19.5. The van der Waals surface area contributed by atoms with E-state index in [1.165, 1.54) is 0 Å². The van der Waals surface area contributed by atoms with Crippen LogP contribution in [0.4, 0.5) is 11.4 Å². The zero-order chi connectivity index (χ0) is 20.6. The van der Waals surface area contributed by atoms with E-state index in [1.807, 2.05) is 30.3 Å². The average molecular weight is 393 g/mol. The Bertz CT molecular complexity index is 948. The molecule has 1 atom stereocenters. The summed E-state index contributed by atoms with van der Waals surface area (Å²) in [4.78, 5) is 25.4. The molecule has 2 heterocycles. The average Bonchev–Trinajstić information content (AvgIpc) is 2.72. The fourth-order valence-electron chi connectivity index (χ4n) is 4.40. The summed E-state index contributed by atoms with van der Waals surface area (Å²) in [6, 6.07) is 11.7. The number of fused-ring (bicyclic) bond motifs is 1. The number of nitrogens with one attached hydrogen (secondary N) is 1. The van der Waals surface area contributed by atoms with E-state index in [4.69, 9.17) is 10.5 Å². The summed E-state index contributed by atoms with van der Waals surface area (Å²) < 4.78 is 5.47. The van der Waals surface area contributed by atoms with Crippen molar-refractivity contribution >= 4 is 23.6 Å². The largest absolute Gasteiger partial charge is 0.378 e. The molecule has 1 fully saturated rings. The molecule has 0 radical (unpaired) electrons. The van der Waals surface area contributed by atoms with Gasteiger partial charge in [-0.25, -0.2) is 0 Å². The van der Waals surface area contributed by atoms with Gasteiger partial charge in [0, 0.05) is 35.6 Å². The van der Waals surface area contributed by atoms with Crippen LogP contribution in [0.25, 0.3) is 0 Å². The van der Waals surface area contributed by atoms with E-state index in [1.54, 1.807) is 0 Å². The molecule has 1 saturated heterocycles. The molecule has 0 spiro atoms. The summed E-state index contributed by atoms with van der Waals surface area (Å²) in [6.07, 6.45) is 1.71. The zero-order valence-electron chi connectivity index (χ0n) is 16.9. The maximum Gasteiger partial charge on any atom is 0.248 e. The molecule has 0 bridgehead atoms. The van der Waals surface area contributed by atoms with Gasteiger partial charge in [0.15, 0.2) is 0 Å². The Hall–Kier alpha value is -2.86. The second-order valence-electron chi connectivity index (χ2n) is 8.55. The van der Waals surface area contributed by atoms with E-state index < -0.39 is 5.91 Å². The maximum atomic E-state index is 12.0. The van der Waals surface area contributed by atoms with E-state index >= 15 is 0 Å². The molecular weight excluding hydrogens is 366 g/mol. The Kier molecular flexibility index (Phi) is 5.04. The number of amides is 1. The van der Waals surface area contributed by atoms with Crippen LogP contribution in [0.15, 0.2) is 36.4 Å². The molecule has 0 aromatic heterocycles. The molecule has 2 aliphatic heterocycles. The van der Waals surface area contributed by atoms with Crippen LogP contribution in [0, 0.1) is 5.41 Å². The normalized spacial score (nSPS) is 20.5. The van der Waals surface area contributed by atoms with Crippen LogP contribution in [0.5, 0.6) is 0 Å². The highest BCUT2D eigenvalue weighted by Crippen LogP contribution is 2.45. The third-order valence-corrected chi connectivity index (χ3v) is 5.93. The number of carbonyl (C=O) groups is 2. The Balaban J connectivity index is 1.74. The third-order valence-electron chi connectivity index (χ3n) is 5.93. The van der Waals surface area contributed by atoms with Crippen LogP contribution in [0.2, 0.25) is 0 Å². The fourth-order valence-corrected chi connectivity index (χ4v) is 4.40. The predicted octanol–water partition coefficient (Wildman–Crippen LogP) is 3.17. The highest BCUT2D eigenvalue weighted by molar-refractivity contribution is 5.94. The van der Waals surface area contributed by atoms with Crippen molar-refractivity contribution in [2.45, 2.75) is 26.3 Å². The summed E-state index contributed by atoms with van der Waals surface area (Å²) in [5.41, 5.74) is 10.9. The van der Waals surface area contributed by atoms with Crippen molar-refractivity contribution in [3.63, 3.8) is 0 Å². The monoisotopic (exact) mass is 393 g/mol. The summed E-state index contributed by atoms with van der Waals surface area (Å²) in [5, 5.41) is 3.64. The van der Waals surface area contributed by atoms with Crippen LogP contribution in [0.1, 0.15) is 51.7 Å². The Morgan fingerprint density at radius 1 is 1.21 bits per heavy atom. The smallest absolute Gasteiger partial charge is 0.248 e. The van der Waals surface area contributed by atoms with Crippen molar-refractivity contribution in [1.82, 2.24) is 0 Å². The van der Waals surface area contributed by atoms with Gasteiger partial charge in [0.1, 0.15) is 6.29 Å². The van der Waals surface area contributed by atoms with Gasteiger partial charge in [-0.2, -0.15) is 0 Å². The summed E-state index contributed by atoms with van der Waals surface area (Å²) >= 11 is 0. The number of hydrogen-bond donors (Lipinski definition) is 2. The Morgan fingerprint density at radius 3 is 2.66 bits per heavy atom. The second kappa shape index (κ2) is 7.52. The number of morpholine rings is 1. The standard InChI is InChI=1S/C23H27N3O3/c1-23(2)13-18-9-15(14-27)3-4-20(18)25-21(23)16-10-17(22(24)28)12-19(11-16)26-5-7-29-8-6-26/h3-4,9-12,14,21,25H,5-8,13H2,1-2H3,(H2,24,28). The molecule has 152 valence electrons. The van der Waals surface area contributed by atoms with E-state index in [2.05, 4.69) is 30.1 Å². The summed E-state index contributed by atoms with van der Waals surface area (Å²) in [6.45, 7) is 7.34. The van der Waals surface area contributed by atoms with E-state index in [0.717, 1.165) is 48.3 Å². The topological polar surface area (TPSA) is 84.7 Å². The molecule has 0 saturated carbocycles. The van der Waals surface area contributed by atoms with Crippen molar-refractivity contribution in [2.24, 2.45) is 11.1 Å². The molecular formula is C23H27N3O3. The number of benzene rings is 2. The first-order valence-electron chi connectivity index (χ1n) is 9.99. The molecule has 2 aromatic carbocycles. The van der Waals surface area contributed by atoms with Crippen LogP contribution < -0.4 is 16.0 Å². The maximum absolute atomic E-state index is 12.0. The van der Waals surface area contributed by atoms with Crippen LogP contribution >= 0.6 is 0 Å². The molecule has 2 aliphatic rings. The van der Waals surface area contributed by atoms with Gasteiger partial charge in [-0.1, -0.05) is 13.8 Å². The lowest BCUT2D eigenvalue weighted by molar-refractivity contribution is 0.0999. The number of ether oxygens (including phenoxy) is 1. The van der Waals surface area contributed by atoms with Gasteiger partial charge < -0.3 is 20.7 Å². The highest BCUT2D eigenvalue weighted by Gasteiger charge is 2.36. The number of primary amides is 1. The van der Waals surface area contributed by atoms with Crippen molar-refractivity contribution in [3.8, 4) is 0 Å². The number of nitrogens with two attached hydrogens (primary N) is 1. The lowest BCUT2D eigenvalue weighted by atomic mass is 9.72. The summed E-state index contributed by atoms with van der Waals surface area (Å²) in [7, 11) is 0. The Morgan fingerprint density at radius 2 is 1.97 bits per heavy atom. The number of nitrogens with zero attached hydrogens (tertiary/aromatic N) is 1. The number of rotatable bonds is 4. The lowest BCUT2D eigenvalue weighted by Gasteiger charge is -2.42. The molecule has 2 aromatic rings. The van der Waals surface area contributed by atoms with Gasteiger partial charge >= 0.3 is 0 Å². The number of hydrogen-bond acceptors (Lipinski definition) is 5. The van der Waals surface area contributed by atoms with E-state index in [-0.39, 0.29) is 11.5 Å². The van der Waals surface area contributed by atoms with Gasteiger partial charge in [0.05, 0.1) is 19.3 Å². The zero-order valence-corrected chi connectivity index (χ0v) is 16.9. The molecule has 6 nitrogen and oxygen atoms in total. The second-order valence-corrected chi connectivity index (χ2v) is 8.55. The molecule has 6 heteroatoms. The quantitative estimate of drug-likeness (QED) is 0.780. The van der Waals surface area contributed by atoms with Crippen LogP contribution in [0.3, 0.4) is 0 Å². The SMILES string of the molecule is CC1(C)Cc2cc(C=O)ccc2NC1c1cc(C(N)=O)cc(N2CCOCC2)c1. The first-order valence-corrected chi connectivity index (χ1v) is 9.99. The van der Waals surface area contributed by atoms with Crippen molar-refractivity contribution in [3.05, 3.63) is 58.7 Å². The Labute approximate surface area is 171 Å². The minimum absolute atomic E-state index is 0.0103. The van der Waals surface area contributed by atoms with Gasteiger partial charge in [-0.15, -0.1) is 0 Å². The van der Waals surface area contributed by atoms with Gasteiger partial charge in [0.25, 0.3) is 0 Å². The van der Waals surface area contributed by atoms with Gasteiger partial charge in [0.2, 0.25) is 5.91 Å². The highest BCUT2D eigenvalue weighted by atomic mass is 16.5. The van der Waals surface area contributed by atoms with Crippen LogP contribution in [-0.2, 0) is 11.2 Å². The van der Waals surface area contributed by atoms with Gasteiger partial charge in [-0.3, -0.25) is 9.59 Å². The summed E-state index contributed by atoms with van der Waals surface area (Å²) in [5.74, 6) is -0.425. The number of anilines is 2. The predicted molar refractivity (Wildman–Crippen MR) is 114 cm³/mol. The van der Waals surface area contributed by atoms with E-state index in [0.29, 0.717) is 24.3 Å². The molecule has 29 heavy (non-hydrogen) atoms. The van der Waals surface area contributed by atoms with Crippen molar-refractivity contribution in [2.75, 3.05) is 36.5 Å². The fraction of sp³-hybridized carbons (Fsp3) is 0.391. The molecule has 3 N–H and O–H groups in total.